The average molecular weight is 233 g/mol. The lowest BCUT2D eigenvalue weighted by atomic mass is 10.0. The molecule has 0 N–H and O–H groups in total. The maximum atomic E-state index is 5.44. The normalized spacial score (nSPS) is 10.4. The third kappa shape index (κ3) is 1.86. The standard InChI is InChI=1S/C13H15NO3/c1-8-9(2)13(16-4)10(7-12(8)15-3)11-5-6-14-17-11/h5-7H,1-4H3. The number of ether oxygens (including phenoxy) is 2. The highest BCUT2D eigenvalue weighted by molar-refractivity contribution is 5.71. The summed E-state index contributed by atoms with van der Waals surface area (Å²) in [5, 5.41) is 3.71. The van der Waals surface area contributed by atoms with Gasteiger partial charge in [-0.15, -0.1) is 0 Å². The minimum Gasteiger partial charge on any atom is -0.496 e. The predicted octanol–water partition coefficient (Wildman–Crippen LogP) is 2.98. The number of rotatable bonds is 3. The number of hydrogen-bond donors (Lipinski definition) is 0. The molecule has 0 fully saturated rings. The summed E-state index contributed by atoms with van der Waals surface area (Å²) < 4.78 is 16.0. The van der Waals surface area contributed by atoms with Crippen LogP contribution in [0.4, 0.5) is 0 Å². The maximum Gasteiger partial charge on any atom is 0.170 e. The van der Waals surface area contributed by atoms with Crippen LogP contribution in [0.5, 0.6) is 11.5 Å². The van der Waals surface area contributed by atoms with E-state index >= 15 is 0 Å². The van der Waals surface area contributed by atoms with Crippen LogP contribution >= 0.6 is 0 Å². The number of benzene rings is 1. The first kappa shape index (κ1) is 11.5. The van der Waals surface area contributed by atoms with Gasteiger partial charge in [0.2, 0.25) is 0 Å². The number of aromatic nitrogens is 1. The molecule has 0 amide bonds. The molecule has 0 bridgehead atoms. The molecular formula is C13H15NO3. The zero-order valence-electron chi connectivity index (χ0n) is 10.4. The Kier molecular flexibility index (Phi) is 3.04. The van der Waals surface area contributed by atoms with Gasteiger partial charge in [0, 0.05) is 6.07 Å². The summed E-state index contributed by atoms with van der Waals surface area (Å²) in [7, 11) is 3.30. The molecule has 4 nitrogen and oxygen atoms in total. The third-order valence-electron chi connectivity index (χ3n) is 2.92. The largest absolute Gasteiger partial charge is 0.496 e. The third-order valence-corrected chi connectivity index (χ3v) is 2.92. The SMILES string of the molecule is COc1cc(-c2ccno2)c(OC)c(C)c1C. The molecule has 0 saturated heterocycles. The van der Waals surface area contributed by atoms with Crippen LogP contribution in [-0.2, 0) is 0 Å². The molecule has 1 aromatic heterocycles. The number of nitrogens with zero attached hydrogens (tertiary/aromatic N) is 1. The molecule has 0 aliphatic heterocycles. The first-order chi connectivity index (χ1) is 8.19. The van der Waals surface area contributed by atoms with Crippen LogP contribution in [0, 0.1) is 13.8 Å². The molecule has 0 atom stereocenters. The molecular weight excluding hydrogens is 218 g/mol. The molecule has 17 heavy (non-hydrogen) atoms. The summed E-state index contributed by atoms with van der Waals surface area (Å²) in [5.41, 5.74) is 2.95. The second-order valence-electron chi connectivity index (χ2n) is 3.79. The van der Waals surface area contributed by atoms with Gasteiger partial charge in [0.1, 0.15) is 11.5 Å². The van der Waals surface area contributed by atoms with E-state index in [1.54, 1.807) is 26.5 Å². The van der Waals surface area contributed by atoms with E-state index in [1.807, 2.05) is 19.9 Å². The van der Waals surface area contributed by atoms with Gasteiger partial charge in [-0.2, -0.15) is 0 Å². The van der Waals surface area contributed by atoms with Crippen molar-refractivity contribution in [1.82, 2.24) is 5.16 Å². The molecule has 2 rings (SSSR count). The lowest BCUT2D eigenvalue weighted by Gasteiger charge is -2.15. The van der Waals surface area contributed by atoms with Gasteiger partial charge >= 0.3 is 0 Å². The Morgan fingerprint density at radius 2 is 1.88 bits per heavy atom. The Labute approximate surface area is 100 Å². The van der Waals surface area contributed by atoms with Gasteiger partial charge in [-0.25, -0.2) is 0 Å². The zero-order valence-corrected chi connectivity index (χ0v) is 10.4. The molecule has 0 saturated carbocycles. The fourth-order valence-electron chi connectivity index (χ4n) is 1.87. The van der Waals surface area contributed by atoms with E-state index in [9.17, 15) is 0 Å². The van der Waals surface area contributed by atoms with Gasteiger partial charge in [0.15, 0.2) is 5.76 Å². The quantitative estimate of drug-likeness (QED) is 0.817. The lowest BCUT2D eigenvalue weighted by molar-refractivity contribution is 0.393. The fourth-order valence-corrected chi connectivity index (χ4v) is 1.87. The summed E-state index contributed by atoms with van der Waals surface area (Å²) >= 11 is 0. The van der Waals surface area contributed by atoms with Crippen molar-refractivity contribution in [2.24, 2.45) is 0 Å². The highest BCUT2D eigenvalue weighted by Crippen LogP contribution is 2.39. The zero-order chi connectivity index (χ0) is 12.4. The molecule has 4 heteroatoms. The highest BCUT2D eigenvalue weighted by atomic mass is 16.5. The Morgan fingerprint density at radius 3 is 2.41 bits per heavy atom. The second kappa shape index (κ2) is 4.49. The van der Waals surface area contributed by atoms with Crippen molar-refractivity contribution in [3.8, 4) is 22.8 Å². The van der Waals surface area contributed by atoms with Crippen molar-refractivity contribution in [3.05, 3.63) is 29.5 Å². The smallest absolute Gasteiger partial charge is 0.170 e. The molecule has 1 heterocycles. The van der Waals surface area contributed by atoms with Crippen LogP contribution in [0.2, 0.25) is 0 Å². The van der Waals surface area contributed by atoms with Gasteiger partial charge in [-0.05, 0) is 31.0 Å². The van der Waals surface area contributed by atoms with E-state index in [4.69, 9.17) is 14.0 Å². The van der Waals surface area contributed by atoms with Gasteiger partial charge in [-0.3, -0.25) is 0 Å². The molecule has 0 aliphatic rings. The van der Waals surface area contributed by atoms with Crippen LogP contribution in [0.15, 0.2) is 22.9 Å². The van der Waals surface area contributed by atoms with Gasteiger partial charge in [-0.1, -0.05) is 5.16 Å². The number of hydrogen-bond acceptors (Lipinski definition) is 4. The van der Waals surface area contributed by atoms with E-state index in [0.29, 0.717) is 5.76 Å². The highest BCUT2D eigenvalue weighted by Gasteiger charge is 2.17. The van der Waals surface area contributed by atoms with Crippen molar-refractivity contribution in [2.45, 2.75) is 13.8 Å². The lowest BCUT2D eigenvalue weighted by Crippen LogP contribution is -1.97. The Morgan fingerprint density at radius 1 is 1.12 bits per heavy atom. The van der Waals surface area contributed by atoms with Gasteiger partial charge in [0.25, 0.3) is 0 Å². The van der Waals surface area contributed by atoms with Crippen molar-refractivity contribution >= 4 is 0 Å². The number of methoxy groups -OCH3 is 2. The molecule has 0 aliphatic carbocycles. The van der Waals surface area contributed by atoms with Crippen molar-refractivity contribution < 1.29 is 14.0 Å². The average Bonchev–Trinajstić information content (AvgIpc) is 2.86. The van der Waals surface area contributed by atoms with Crippen molar-refractivity contribution in [1.29, 1.82) is 0 Å². The fraction of sp³-hybridized carbons (Fsp3) is 0.308. The Bertz CT molecular complexity index is 518. The van der Waals surface area contributed by atoms with Crippen molar-refractivity contribution in [2.75, 3.05) is 14.2 Å². The van der Waals surface area contributed by atoms with Gasteiger partial charge < -0.3 is 14.0 Å². The predicted molar refractivity (Wildman–Crippen MR) is 64.5 cm³/mol. The van der Waals surface area contributed by atoms with Crippen LogP contribution in [0.3, 0.4) is 0 Å². The summed E-state index contributed by atoms with van der Waals surface area (Å²) in [6, 6.07) is 3.70. The summed E-state index contributed by atoms with van der Waals surface area (Å²) in [5.74, 6) is 2.28. The monoisotopic (exact) mass is 233 g/mol. The molecule has 0 spiro atoms. The van der Waals surface area contributed by atoms with Crippen LogP contribution < -0.4 is 9.47 Å². The molecule has 90 valence electrons. The Balaban J connectivity index is 2.69. The van der Waals surface area contributed by atoms with Crippen LogP contribution in [0.1, 0.15) is 11.1 Å². The minimum atomic E-state index is 0.670. The molecule has 1 aromatic carbocycles. The molecule has 0 unspecified atom stereocenters. The van der Waals surface area contributed by atoms with Crippen molar-refractivity contribution in [3.63, 3.8) is 0 Å². The van der Waals surface area contributed by atoms with E-state index in [1.165, 1.54) is 0 Å². The van der Waals surface area contributed by atoms with Gasteiger partial charge in [0.05, 0.1) is 26.0 Å². The first-order valence-electron chi connectivity index (χ1n) is 5.32. The van der Waals surface area contributed by atoms with Crippen LogP contribution in [0.25, 0.3) is 11.3 Å². The summed E-state index contributed by atoms with van der Waals surface area (Å²) in [6.45, 7) is 4.00. The second-order valence-corrected chi connectivity index (χ2v) is 3.79. The maximum absolute atomic E-state index is 5.44. The van der Waals surface area contributed by atoms with E-state index in [-0.39, 0.29) is 0 Å². The topological polar surface area (TPSA) is 44.5 Å². The first-order valence-corrected chi connectivity index (χ1v) is 5.32. The minimum absolute atomic E-state index is 0.670. The van der Waals surface area contributed by atoms with E-state index < -0.39 is 0 Å². The molecule has 2 aromatic rings. The molecule has 0 radical (unpaired) electrons. The van der Waals surface area contributed by atoms with E-state index in [0.717, 1.165) is 28.2 Å². The summed E-state index contributed by atoms with van der Waals surface area (Å²) in [4.78, 5) is 0. The van der Waals surface area contributed by atoms with Crippen LogP contribution in [-0.4, -0.2) is 19.4 Å². The summed E-state index contributed by atoms with van der Waals surface area (Å²) in [6.07, 6.45) is 1.61. The Hall–Kier alpha value is -1.97. The van der Waals surface area contributed by atoms with E-state index in [2.05, 4.69) is 5.16 Å².